The Bertz CT molecular complexity index is 1690. The number of unbranched alkanes of at least 4 members (excludes halogenated alkanes) is 31. The average molecular weight is 1140 g/mol. The van der Waals surface area contributed by atoms with Crippen LogP contribution in [-0.4, -0.2) is 37.2 Å². The molecule has 468 valence electrons. The Balaban J connectivity index is 4.20. The molecule has 0 aliphatic heterocycles. The van der Waals surface area contributed by atoms with Gasteiger partial charge in [0.1, 0.15) is 13.2 Å². The molecule has 0 aromatic heterocycles. The predicted molar refractivity (Wildman–Crippen MR) is 357 cm³/mol. The van der Waals surface area contributed by atoms with E-state index < -0.39 is 6.10 Å². The Hall–Kier alpha value is -4.19. The molecule has 6 heteroatoms. The van der Waals surface area contributed by atoms with Gasteiger partial charge in [-0.25, -0.2) is 0 Å². The molecule has 0 amide bonds. The number of carbonyl (C=O) groups is 3. The van der Waals surface area contributed by atoms with Crippen LogP contribution in [0.1, 0.15) is 323 Å². The summed E-state index contributed by atoms with van der Waals surface area (Å²) in [6, 6.07) is 0. The van der Waals surface area contributed by atoms with E-state index in [9.17, 15) is 14.4 Å². The molecular weight excluding hydrogens is 1010 g/mol. The van der Waals surface area contributed by atoms with Gasteiger partial charge in [-0.1, -0.05) is 296 Å². The quantitative estimate of drug-likeness (QED) is 0.0261. The van der Waals surface area contributed by atoms with Crippen molar-refractivity contribution in [3.63, 3.8) is 0 Å². The van der Waals surface area contributed by atoms with Crippen molar-refractivity contribution in [2.75, 3.05) is 13.2 Å². The molecular formula is C76H128O6. The van der Waals surface area contributed by atoms with Crippen molar-refractivity contribution < 1.29 is 28.6 Å². The molecule has 0 radical (unpaired) electrons. The molecule has 0 aromatic carbocycles. The fraction of sp³-hybridized carbons (Fsp3) is 0.697. The molecule has 1 atom stereocenters. The maximum absolute atomic E-state index is 12.9. The SMILES string of the molecule is CC/C=C\C/C=C\C/C=C\C/C=C\C/C=C\CCCCCCCCCCCCCCCCCCCC(=O)OCC(COC(=O)CCCCCCC/C=C\CCCCC)OC(=O)CCCCCCCC/C=C\C/C=C\C/C=C\C/C=C\CC. The monoisotopic (exact) mass is 1140 g/mol. The summed E-state index contributed by atoms with van der Waals surface area (Å²) < 4.78 is 16.9. The smallest absolute Gasteiger partial charge is 0.306 e. The Kier molecular flexibility index (Phi) is 65.8. The van der Waals surface area contributed by atoms with Gasteiger partial charge >= 0.3 is 17.9 Å². The summed E-state index contributed by atoms with van der Waals surface area (Å²) in [7, 11) is 0. The third-order valence-electron chi connectivity index (χ3n) is 14.7. The van der Waals surface area contributed by atoms with Gasteiger partial charge in [0.05, 0.1) is 0 Å². The Morgan fingerprint density at radius 3 is 0.756 bits per heavy atom. The minimum atomic E-state index is -0.791. The minimum absolute atomic E-state index is 0.0857. The molecule has 0 aliphatic carbocycles. The van der Waals surface area contributed by atoms with Crippen LogP contribution in [0, 0.1) is 0 Å². The second-order valence-electron chi connectivity index (χ2n) is 22.7. The zero-order valence-electron chi connectivity index (χ0n) is 53.7. The molecule has 0 spiro atoms. The second kappa shape index (κ2) is 69.3. The molecule has 0 fully saturated rings. The zero-order valence-corrected chi connectivity index (χ0v) is 53.7. The molecule has 0 saturated carbocycles. The van der Waals surface area contributed by atoms with E-state index in [1.54, 1.807) is 0 Å². The molecule has 0 heterocycles. The molecule has 0 N–H and O–H groups in total. The summed E-state index contributed by atoms with van der Waals surface area (Å²) in [6.45, 7) is 6.39. The van der Waals surface area contributed by atoms with Crippen LogP contribution in [0.4, 0.5) is 0 Å². The number of hydrogen-bond donors (Lipinski definition) is 0. The average Bonchev–Trinajstić information content (AvgIpc) is 3.47. The first kappa shape index (κ1) is 77.8. The molecule has 0 bridgehead atoms. The lowest BCUT2D eigenvalue weighted by Crippen LogP contribution is -2.30. The van der Waals surface area contributed by atoms with Gasteiger partial charge in [-0.2, -0.15) is 0 Å². The number of hydrogen-bond acceptors (Lipinski definition) is 6. The summed E-state index contributed by atoms with van der Waals surface area (Å²) in [5.41, 5.74) is 0. The van der Waals surface area contributed by atoms with Crippen LogP contribution in [0.3, 0.4) is 0 Å². The topological polar surface area (TPSA) is 78.9 Å². The third kappa shape index (κ3) is 66.6. The van der Waals surface area contributed by atoms with Crippen LogP contribution in [0.2, 0.25) is 0 Å². The van der Waals surface area contributed by atoms with Crippen LogP contribution >= 0.6 is 0 Å². The Morgan fingerprint density at radius 2 is 0.476 bits per heavy atom. The van der Waals surface area contributed by atoms with Crippen LogP contribution in [0.25, 0.3) is 0 Å². The highest BCUT2D eigenvalue weighted by molar-refractivity contribution is 5.71. The fourth-order valence-corrected chi connectivity index (χ4v) is 9.57. The van der Waals surface area contributed by atoms with E-state index in [-0.39, 0.29) is 31.1 Å². The fourth-order valence-electron chi connectivity index (χ4n) is 9.57. The van der Waals surface area contributed by atoms with Crippen LogP contribution in [-0.2, 0) is 28.6 Å². The van der Waals surface area contributed by atoms with E-state index in [4.69, 9.17) is 14.2 Å². The lowest BCUT2D eigenvalue weighted by Gasteiger charge is -2.18. The highest BCUT2D eigenvalue weighted by atomic mass is 16.6. The third-order valence-corrected chi connectivity index (χ3v) is 14.7. The van der Waals surface area contributed by atoms with E-state index in [1.807, 2.05) is 0 Å². The number of ether oxygens (including phenoxy) is 3. The molecule has 82 heavy (non-hydrogen) atoms. The summed E-state index contributed by atoms with van der Waals surface area (Å²) in [6.07, 6.45) is 96.6. The Labute approximate surface area is 507 Å². The molecule has 0 saturated heterocycles. The maximum Gasteiger partial charge on any atom is 0.306 e. The highest BCUT2D eigenvalue weighted by Gasteiger charge is 2.19. The molecule has 0 aliphatic rings. The van der Waals surface area contributed by atoms with Crippen molar-refractivity contribution in [1.82, 2.24) is 0 Å². The van der Waals surface area contributed by atoms with Gasteiger partial charge in [-0.3, -0.25) is 14.4 Å². The zero-order chi connectivity index (χ0) is 59.2. The lowest BCUT2D eigenvalue weighted by molar-refractivity contribution is -0.167. The van der Waals surface area contributed by atoms with E-state index in [0.717, 1.165) is 135 Å². The Morgan fingerprint density at radius 1 is 0.256 bits per heavy atom. The van der Waals surface area contributed by atoms with E-state index in [2.05, 4.69) is 142 Å². The predicted octanol–water partition coefficient (Wildman–Crippen LogP) is 23.9. The summed E-state index contributed by atoms with van der Waals surface area (Å²) in [5, 5.41) is 0. The van der Waals surface area contributed by atoms with E-state index in [0.29, 0.717) is 19.3 Å². The number of esters is 3. The van der Waals surface area contributed by atoms with Crippen LogP contribution in [0.15, 0.2) is 122 Å². The van der Waals surface area contributed by atoms with Gasteiger partial charge in [0.2, 0.25) is 0 Å². The summed E-state index contributed by atoms with van der Waals surface area (Å²) >= 11 is 0. The van der Waals surface area contributed by atoms with Gasteiger partial charge < -0.3 is 14.2 Å². The van der Waals surface area contributed by atoms with Crippen molar-refractivity contribution in [1.29, 1.82) is 0 Å². The van der Waals surface area contributed by atoms with Crippen molar-refractivity contribution in [3.05, 3.63) is 122 Å². The van der Waals surface area contributed by atoms with Gasteiger partial charge in [0, 0.05) is 19.3 Å². The van der Waals surface area contributed by atoms with E-state index >= 15 is 0 Å². The number of rotatable bonds is 62. The first-order valence-corrected chi connectivity index (χ1v) is 34.5. The molecule has 0 aromatic rings. The highest BCUT2D eigenvalue weighted by Crippen LogP contribution is 2.17. The molecule has 0 rings (SSSR count). The first-order chi connectivity index (χ1) is 40.5. The molecule has 6 nitrogen and oxygen atoms in total. The number of allylic oxidation sites excluding steroid dienone is 20. The summed E-state index contributed by atoms with van der Waals surface area (Å²) in [4.78, 5) is 38.3. The number of carbonyl (C=O) groups excluding carboxylic acids is 3. The largest absolute Gasteiger partial charge is 0.462 e. The van der Waals surface area contributed by atoms with Gasteiger partial charge in [0.15, 0.2) is 6.10 Å². The van der Waals surface area contributed by atoms with Gasteiger partial charge in [0.25, 0.3) is 0 Å². The van der Waals surface area contributed by atoms with Crippen molar-refractivity contribution in [3.8, 4) is 0 Å². The van der Waals surface area contributed by atoms with Gasteiger partial charge in [-0.05, 0) is 128 Å². The second-order valence-corrected chi connectivity index (χ2v) is 22.7. The van der Waals surface area contributed by atoms with Gasteiger partial charge in [-0.15, -0.1) is 0 Å². The van der Waals surface area contributed by atoms with E-state index in [1.165, 1.54) is 148 Å². The lowest BCUT2D eigenvalue weighted by atomic mass is 10.0. The van der Waals surface area contributed by atoms with Crippen LogP contribution < -0.4 is 0 Å². The summed E-state index contributed by atoms with van der Waals surface area (Å²) in [5.74, 6) is -0.900. The first-order valence-electron chi connectivity index (χ1n) is 34.5. The maximum atomic E-state index is 12.9. The molecule has 1 unspecified atom stereocenters. The van der Waals surface area contributed by atoms with Crippen molar-refractivity contribution >= 4 is 17.9 Å². The van der Waals surface area contributed by atoms with Crippen molar-refractivity contribution in [2.45, 2.75) is 329 Å². The van der Waals surface area contributed by atoms with Crippen LogP contribution in [0.5, 0.6) is 0 Å². The van der Waals surface area contributed by atoms with Crippen molar-refractivity contribution in [2.24, 2.45) is 0 Å². The standard InChI is InChI=1S/C76H128O6/c1-4-7-10-13-16-19-22-25-27-29-31-32-33-34-35-36-37-38-39-40-41-42-43-44-46-47-49-51-54-57-60-63-66-69-75(78)81-72-73(71-80-74(77)68-65-62-59-56-53-24-21-18-15-12-9-6-3)82-76(79)70-67-64-61-58-55-52-50-48-45-30-28-26-23-20-17-14-11-8-5-2/h7-8,10-11,16-21,25-28,31-32,34-35,45,48,73H,4-6,9,12-15,22-24,29-30,33,36-44,46-47,49-72H2,1-3H3/b10-7-,11-8-,19-16-,20-17-,21-18-,27-25-,28-26-,32-31-,35-34-,48-45-. The normalized spacial score (nSPS) is 12.9. The minimum Gasteiger partial charge on any atom is -0.462 e.